The molecule has 30 heavy (non-hydrogen) atoms. The molecule has 1 fully saturated rings. The van der Waals surface area contributed by atoms with Crippen molar-refractivity contribution in [1.82, 2.24) is 25.3 Å². The molecular weight excluding hydrogens is 386 g/mol. The van der Waals surface area contributed by atoms with E-state index in [1.54, 1.807) is 4.90 Å². The van der Waals surface area contributed by atoms with E-state index in [0.717, 1.165) is 26.1 Å². The highest BCUT2D eigenvalue weighted by Gasteiger charge is 2.25. The summed E-state index contributed by atoms with van der Waals surface area (Å²) >= 11 is 0. The van der Waals surface area contributed by atoms with E-state index >= 15 is 0 Å². The Morgan fingerprint density at radius 1 is 1.17 bits per heavy atom. The van der Waals surface area contributed by atoms with Crippen molar-refractivity contribution in [3.05, 3.63) is 11.7 Å². The Morgan fingerprint density at radius 2 is 1.87 bits per heavy atom. The van der Waals surface area contributed by atoms with Crippen LogP contribution in [0.4, 0.5) is 4.79 Å². The van der Waals surface area contributed by atoms with Gasteiger partial charge in [-0.15, -0.1) is 0 Å². The molecule has 0 atom stereocenters. The third-order valence-electron chi connectivity index (χ3n) is 4.79. The van der Waals surface area contributed by atoms with Crippen molar-refractivity contribution in [2.45, 2.75) is 71.8 Å². The van der Waals surface area contributed by atoms with Crippen molar-refractivity contribution in [3.63, 3.8) is 0 Å². The zero-order valence-electron chi connectivity index (χ0n) is 19.1. The summed E-state index contributed by atoms with van der Waals surface area (Å²) in [7, 11) is 0. The number of aryl methyl sites for hydroxylation is 1. The minimum atomic E-state index is -0.463. The standard InChI is InChI=1S/C21H37N5O4/c1-16(2)19-23-18(30-24-19)9-6-8-17(27)22-10-7-11-25-12-14-26(15-13-25)20(28)29-21(3,4)5/h16H,6-15H2,1-5H3,(H,22,27). The van der Waals surface area contributed by atoms with Crippen LogP contribution in [0.1, 0.15) is 71.5 Å². The highest BCUT2D eigenvalue weighted by molar-refractivity contribution is 5.75. The largest absolute Gasteiger partial charge is 0.444 e. The molecule has 1 N–H and O–H groups in total. The normalized spacial score (nSPS) is 15.5. The number of ether oxygens (including phenoxy) is 1. The fourth-order valence-electron chi connectivity index (χ4n) is 3.10. The van der Waals surface area contributed by atoms with Gasteiger partial charge in [0.2, 0.25) is 11.8 Å². The minimum absolute atomic E-state index is 0.0494. The maximum atomic E-state index is 12.1. The van der Waals surface area contributed by atoms with E-state index in [9.17, 15) is 9.59 Å². The van der Waals surface area contributed by atoms with E-state index in [1.807, 2.05) is 34.6 Å². The van der Waals surface area contributed by atoms with Gasteiger partial charge in [-0.2, -0.15) is 4.98 Å². The van der Waals surface area contributed by atoms with Crippen molar-refractivity contribution in [2.24, 2.45) is 0 Å². The lowest BCUT2D eigenvalue weighted by Crippen LogP contribution is -2.50. The van der Waals surface area contributed by atoms with Crippen LogP contribution in [0.5, 0.6) is 0 Å². The minimum Gasteiger partial charge on any atom is -0.444 e. The molecule has 1 aliphatic heterocycles. The van der Waals surface area contributed by atoms with E-state index in [4.69, 9.17) is 9.26 Å². The molecule has 1 aromatic rings. The quantitative estimate of drug-likeness (QED) is 0.609. The van der Waals surface area contributed by atoms with E-state index in [0.29, 0.717) is 50.6 Å². The summed E-state index contributed by atoms with van der Waals surface area (Å²) in [6.45, 7) is 14.2. The molecule has 9 heteroatoms. The van der Waals surface area contributed by atoms with Crippen LogP contribution in [0.15, 0.2) is 4.52 Å². The summed E-state index contributed by atoms with van der Waals surface area (Å²) in [5.41, 5.74) is -0.463. The molecular formula is C21H37N5O4. The smallest absolute Gasteiger partial charge is 0.410 e. The van der Waals surface area contributed by atoms with Gasteiger partial charge in [0.1, 0.15) is 5.60 Å². The van der Waals surface area contributed by atoms with Gasteiger partial charge in [0.05, 0.1) is 0 Å². The van der Waals surface area contributed by atoms with Gasteiger partial charge >= 0.3 is 6.09 Å². The van der Waals surface area contributed by atoms with Crippen LogP contribution in [0.25, 0.3) is 0 Å². The second-order valence-electron chi connectivity index (χ2n) is 9.07. The van der Waals surface area contributed by atoms with Crippen LogP contribution in [-0.2, 0) is 16.0 Å². The van der Waals surface area contributed by atoms with Crippen LogP contribution in [0, 0.1) is 0 Å². The van der Waals surface area contributed by atoms with Gasteiger partial charge in [-0.3, -0.25) is 9.69 Å². The molecule has 2 rings (SSSR count). The molecule has 0 unspecified atom stereocenters. The van der Waals surface area contributed by atoms with Gasteiger partial charge in [-0.1, -0.05) is 19.0 Å². The molecule has 9 nitrogen and oxygen atoms in total. The summed E-state index contributed by atoms with van der Waals surface area (Å²) in [5.74, 6) is 1.60. The number of amides is 2. The predicted molar refractivity (Wildman–Crippen MR) is 113 cm³/mol. The van der Waals surface area contributed by atoms with Gasteiger partial charge in [-0.25, -0.2) is 4.79 Å². The molecule has 1 aliphatic rings. The second-order valence-corrected chi connectivity index (χ2v) is 9.07. The number of aromatic nitrogens is 2. The van der Waals surface area contributed by atoms with Crippen molar-refractivity contribution < 1.29 is 18.8 Å². The monoisotopic (exact) mass is 423 g/mol. The molecule has 0 aliphatic carbocycles. The number of nitrogens with zero attached hydrogens (tertiary/aromatic N) is 4. The number of hydrogen-bond donors (Lipinski definition) is 1. The number of piperazine rings is 1. The Balaban J connectivity index is 1.52. The Kier molecular flexibility index (Phi) is 9.08. The average Bonchev–Trinajstić information content (AvgIpc) is 3.13. The van der Waals surface area contributed by atoms with Crippen LogP contribution < -0.4 is 5.32 Å². The lowest BCUT2D eigenvalue weighted by Gasteiger charge is -2.35. The Labute approximate surface area is 179 Å². The summed E-state index contributed by atoms with van der Waals surface area (Å²) in [5, 5.41) is 6.90. The SMILES string of the molecule is CC(C)c1noc(CCCC(=O)NCCCN2CCN(C(=O)OC(C)(C)C)CC2)n1. The van der Waals surface area contributed by atoms with E-state index in [2.05, 4.69) is 20.4 Å². The third-order valence-corrected chi connectivity index (χ3v) is 4.79. The van der Waals surface area contributed by atoms with Crippen LogP contribution in [0.2, 0.25) is 0 Å². The molecule has 0 bridgehead atoms. The topological polar surface area (TPSA) is 101 Å². The van der Waals surface area contributed by atoms with Gasteiger partial charge in [0.25, 0.3) is 0 Å². The first-order valence-corrected chi connectivity index (χ1v) is 10.9. The molecule has 0 saturated carbocycles. The second kappa shape index (κ2) is 11.3. The van der Waals surface area contributed by atoms with Gasteiger partial charge in [-0.05, 0) is 40.2 Å². The van der Waals surface area contributed by atoms with Crippen molar-refractivity contribution in [3.8, 4) is 0 Å². The van der Waals surface area contributed by atoms with Crippen LogP contribution in [-0.4, -0.2) is 76.8 Å². The van der Waals surface area contributed by atoms with Crippen LogP contribution in [0.3, 0.4) is 0 Å². The number of nitrogens with one attached hydrogen (secondary N) is 1. The first-order valence-electron chi connectivity index (χ1n) is 10.9. The maximum Gasteiger partial charge on any atom is 0.410 e. The average molecular weight is 424 g/mol. The predicted octanol–water partition coefficient (Wildman–Crippen LogP) is 2.57. The summed E-state index contributed by atoms with van der Waals surface area (Å²) in [6, 6.07) is 0. The summed E-state index contributed by atoms with van der Waals surface area (Å²) in [6.07, 6.45) is 2.41. The van der Waals surface area contributed by atoms with E-state index < -0.39 is 5.60 Å². The Hall–Kier alpha value is -2.16. The fourth-order valence-corrected chi connectivity index (χ4v) is 3.10. The highest BCUT2D eigenvalue weighted by atomic mass is 16.6. The summed E-state index contributed by atoms with van der Waals surface area (Å²) in [4.78, 5) is 32.5. The van der Waals surface area contributed by atoms with Crippen LogP contribution >= 0.6 is 0 Å². The number of carbonyl (C=O) groups is 2. The number of hydrogen-bond acceptors (Lipinski definition) is 7. The first-order chi connectivity index (χ1) is 14.1. The molecule has 1 aromatic heterocycles. The summed E-state index contributed by atoms with van der Waals surface area (Å²) < 4.78 is 10.6. The molecule has 1 saturated heterocycles. The number of carbonyl (C=O) groups excluding carboxylic acids is 2. The first kappa shape index (κ1) is 24.1. The number of rotatable bonds is 9. The lowest BCUT2D eigenvalue weighted by molar-refractivity contribution is -0.121. The third kappa shape index (κ3) is 8.69. The molecule has 0 spiro atoms. The van der Waals surface area contributed by atoms with Gasteiger partial charge in [0.15, 0.2) is 5.82 Å². The fraction of sp³-hybridized carbons (Fsp3) is 0.810. The molecule has 0 radical (unpaired) electrons. The van der Waals surface area contributed by atoms with Gasteiger partial charge < -0.3 is 19.5 Å². The van der Waals surface area contributed by atoms with Crippen molar-refractivity contribution in [1.29, 1.82) is 0 Å². The molecule has 2 heterocycles. The van der Waals surface area contributed by atoms with Crippen molar-refractivity contribution in [2.75, 3.05) is 39.3 Å². The zero-order valence-corrected chi connectivity index (χ0v) is 19.1. The van der Waals surface area contributed by atoms with E-state index in [1.165, 1.54) is 0 Å². The Morgan fingerprint density at radius 3 is 2.47 bits per heavy atom. The zero-order chi connectivity index (χ0) is 22.1. The van der Waals surface area contributed by atoms with E-state index in [-0.39, 0.29) is 17.9 Å². The Bertz CT molecular complexity index is 675. The highest BCUT2D eigenvalue weighted by Crippen LogP contribution is 2.12. The van der Waals surface area contributed by atoms with Crippen molar-refractivity contribution >= 4 is 12.0 Å². The van der Waals surface area contributed by atoms with Gasteiger partial charge in [0, 0.05) is 51.5 Å². The lowest BCUT2D eigenvalue weighted by atomic mass is 10.2. The molecule has 0 aromatic carbocycles. The maximum absolute atomic E-state index is 12.1. The molecule has 2 amide bonds. The molecule has 170 valence electrons.